The minimum atomic E-state index is -0.849. The summed E-state index contributed by atoms with van der Waals surface area (Å²) in [5, 5.41) is 10.4. The molecule has 2 aromatic rings. The van der Waals surface area contributed by atoms with E-state index in [9.17, 15) is 19.5 Å². The number of anilines is 2. The van der Waals surface area contributed by atoms with E-state index in [1.54, 1.807) is 57.9 Å². The van der Waals surface area contributed by atoms with Crippen molar-refractivity contribution in [2.75, 3.05) is 36.6 Å². The number of thioether (sulfide) groups is 1. The fraction of sp³-hybridized carbons (Fsp3) is 0.441. The summed E-state index contributed by atoms with van der Waals surface area (Å²) >= 11 is 1.63. The van der Waals surface area contributed by atoms with Gasteiger partial charge in [0.2, 0.25) is 11.8 Å². The topological polar surface area (TPSA) is 90.4 Å². The zero-order valence-electron chi connectivity index (χ0n) is 25.1. The van der Waals surface area contributed by atoms with E-state index in [0.717, 1.165) is 5.69 Å². The molecular formula is C34H41N3O5S. The highest BCUT2D eigenvalue weighted by molar-refractivity contribution is 8.02. The molecule has 3 heterocycles. The molecule has 0 aromatic heterocycles. The molecule has 3 amide bonds. The molecule has 0 saturated carbocycles. The molecular weight excluding hydrogens is 562 g/mol. The summed E-state index contributed by atoms with van der Waals surface area (Å²) < 4.78 is 3.98. The van der Waals surface area contributed by atoms with Gasteiger partial charge in [0.25, 0.3) is 5.91 Å². The molecule has 2 unspecified atom stereocenters. The SMILES string of the molecule is C=CCN(C(=O)C1N([C@@H](CC)CO)C(=O)[C@@H]2[C@@H](C(=O)N(CC=C)c3ccccc3)[C@@]3(C)CCC12S3)c1ccc(OC)cc1. The molecule has 0 aliphatic carbocycles. The summed E-state index contributed by atoms with van der Waals surface area (Å²) in [7, 11) is 1.59. The van der Waals surface area contributed by atoms with Crippen LogP contribution < -0.4 is 14.5 Å². The number of hydrogen-bond acceptors (Lipinski definition) is 6. The number of hydrogen-bond donors (Lipinski definition) is 1. The first kappa shape index (κ1) is 30.9. The minimum Gasteiger partial charge on any atom is -0.497 e. The molecule has 3 aliphatic heterocycles. The molecule has 2 aromatic carbocycles. The van der Waals surface area contributed by atoms with Crippen molar-refractivity contribution in [1.82, 2.24) is 4.90 Å². The monoisotopic (exact) mass is 603 g/mol. The van der Waals surface area contributed by atoms with E-state index in [0.29, 0.717) is 37.2 Å². The Hall–Kier alpha value is -3.56. The van der Waals surface area contributed by atoms with E-state index in [1.165, 1.54) is 0 Å². The van der Waals surface area contributed by atoms with Crippen LogP contribution in [0.4, 0.5) is 11.4 Å². The molecule has 43 heavy (non-hydrogen) atoms. The average molecular weight is 604 g/mol. The molecule has 9 heteroatoms. The van der Waals surface area contributed by atoms with E-state index in [1.807, 2.05) is 49.4 Å². The van der Waals surface area contributed by atoms with Gasteiger partial charge in [0.15, 0.2) is 0 Å². The van der Waals surface area contributed by atoms with Crippen molar-refractivity contribution in [2.45, 2.75) is 54.7 Å². The zero-order chi connectivity index (χ0) is 30.9. The van der Waals surface area contributed by atoms with Crippen LogP contribution in [0.25, 0.3) is 0 Å². The van der Waals surface area contributed by atoms with Crippen LogP contribution in [0.1, 0.15) is 33.1 Å². The normalized spacial score (nSPS) is 27.9. The van der Waals surface area contributed by atoms with Crippen LogP contribution >= 0.6 is 11.8 Å². The molecule has 1 spiro atoms. The number of fused-ring (bicyclic) bond motifs is 1. The predicted octanol–water partition coefficient (Wildman–Crippen LogP) is 4.69. The minimum absolute atomic E-state index is 0.135. The second-order valence-electron chi connectivity index (χ2n) is 11.7. The number of amides is 3. The maximum atomic E-state index is 14.8. The molecule has 3 fully saturated rings. The largest absolute Gasteiger partial charge is 0.497 e. The van der Waals surface area contributed by atoms with Crippen LogP contribution in [0.15, 0.2) is 79.9 Å². The lowest BCUT2D eigenvalue weighted by molar-refractivity contribution is -0.142. The lowest BCUT2D eigenvalue weighted by atomic mass is 9.66. The summed E-state index contributed by atoms with van der Waals surface area (Å²) in [6.07, 6.45) is 5.17. The number of aliphatic hydroxyl groups is 1. The maximum Gasteiger partial charge on any atom is 0.251 e. The molecule has 228 valence electrons. The van der Waals surface area contributed by atoms with Crippen molar-refractivity contribution in [3.05, 3.63) is 79.9 Å². The molecule has 8 nitrogen and oxygen atoms in total. The summed E-state index contributed by atoms with van der Waals surface area (Å²) in [4.78, 5) is 48.9. The second-order valence-corrected chi connectivity index (χ2v) is 13.6. The first-order chi connectivity index (χ1) is 20.7. The number of rotatable bonds is 12. The van der Waals surface area contributed by atoms with Gasteiger partial charge in [-0.15, -0.1) is 24.9 Å². The van der Waals surface area contributed by atoms with Crippen molar-refractivity contribution in [1.29, 1.82) is 0 Å². The van der Waals surface area contributed by atoms with Gasteiger partial charge in [0, 0.05) is 29.2 Å². The molecule has 1 N–H and O–H groups in total. The van der Waals surface area contributed by atoms with Crippen LogP contribution in [0.2, 0.25) is 0 Å². The fourth-order valence-electron chi connectivity index (χ4n) is 7.42. The van der Waals surface area contributed by atoms with Crippen molar-refractivity contribution in [2.24, 2.45) is 11.8 Å². The van der Waals surface area contributed by atoms with E-state index >= 15 is 0 Å². The van der Waals surface area contributed by atoms with Gasteiger partial charge in [-0.05, 0) is 62.6 Å². The number of ether oxygens (including phenoxy) is 1. The number of carbonyl (C=O) groups excluding carboxylic acids is 3. The quantitative estimate of drug-likeness (QED) is 0.354. The Labute approximate surface area is 258 Å². The van der Waals surface area contributed by atoms with Gasteiger partial charge < -0.3 is 24.5 Å². The van der Waals surface area contributed by atoms with Gasteiger partial charge in [-0.3, -0.25) is 14.4 Å². The van der Waals surface area contributed by atoms with Gasteiger partial charge in [-0.2, -0.15) is 0 Å². The van der Waals surface area contributed by atoms with E-state index < -0.39 is 33.4 Å². The Bertz CT molecular complexity index is 1380. The summed E-state index contributed by atoms with van der Waals surface area (Å²) in [5.74, 6) is -1.26. The number of para-hydroxylation sites is 1. The Morgan fingerprint density at radius 3 is 2.21 bits per heavy atom. The van der Waals surface area contributed by atoms with Crippen molar-refractivity contribution in [3.8, 4) is 5.75 Å². The number of nitrogens with zero attached hydrogens (tertiary/aromatic N) is 3. The number of carbonyl (C=O) groups is 3. The van der Waals surface area contributed by atoms with Gasteiger partial charge >= 0.3 is 0 Å². The van der Waals surface area contributed by atoms with E-state index in [-0.39, 0.29) is 30.9 Å². The molecule has 3 saturated heterocycles. The van der Waals surface area contributed by atoms with Gasteiger partial charge in [-0.1, -0.05) is 37.3 Å². The van der Waals surface area contributed by atoms with Crippen molar-refractivity contribution < 1.29 is 24.2 Å². The Kier molecular flexibility index (Phi) is 8.77. The van der Waals surface area contributed by atoms with Gasteiger partial charge in [0.1, 0.15) is 11.8 Å². The average Bonchev–Trinajstić information content (AvgIpc) is 3.60. The highest BCUT2D eigenvalue weighted by Crippen LogP contribution is 2.72. The Morgan fingerprint density at radius 2 is 1.65 bits per heavy atom. The first-order valence-electron chi connectivity index (χ1n) is 14.9. The summed E-state index contributed by atoms with van der Waals surface area (Å²) in [5.41, 5.74) is 1.40. The first-order valence-corrected chi connectivity index (χ1v) is 15.7. The number of methoxy groups -OCH3 is 1. The van der Waals surface area contributed by atoms with Crippen LogP contribution in [-0.4, -0.2) is 76.1 Å². The number of likely N-dealkylation sites (tertiary alicyclic amines) is 1. The Morgan fingerprint density at radius 1 is 1.05 bits per heavy atom. The zero-order valence-corrected chi connectivity index (χ0v) is 26.0. The molecule has 2 bridgehead atoms. The Balaban J connectivity index is 1.61. The second kappa shape index (κ2) is 12.2. The third-order valence-corrected chi connectivity index (χ3v) is 11.4. The lowest BCUT2D eigenvalue weighted by Gasteiger charge is -2.39. The fourth-order valence-corrected chi connectivity index (χ4v) is 9.75. The highest BCUT2D eigenvalue weighted by atomic mass is 32.2. The van der Waals surface area contributed by atoms with Crippen LogP contribution in [0.3, 0.4) is 0 Å². The van der Waals surface area contributed by atoms with Crippen LogP contribution in [-0.2, 0) is 14.4 Å². The van der Waals surface area contributed by atoms with Crippen LogP contribution in [0, 0.1) is 11.8 Å². The summed E-state index contributed by atoms with van der Waals surface area (Å²) in [6, 6.07) is 15.3. The van der Waals surface area contributed by atoms with E-state index in [2.05, 4.69) is 20.1 Å². The lowest BCUT2D eigenvalue weighted by Crippen LogP contribution is -2.57. The van der Waals surface area contributed by atoms with Crippen LogP contribution in [0.5, 0.6) is 5.75 Å². The maximum absolute atomic E-state index is 14.8. The number of aliphatic hydroxyl groups excluding tert-OH is 1. The molecule has 0 radical (unpaired) electrons. The van der Waals surface area contributed by atoms with Crippen molar-refractivity contribution >= 4 is 40.9 Å². The molecule has 5 rings (SSSR count). The molecule has 6 atom stereocenters. The van der Waals surface area contributed by atoms with E-state index in [4.69, 9.17) is 4.74 Å². The molecule has 3 aliphatic rings. The van der Waals surface area contributed by atoms with Gasteiger partial charge in [-0.25, -0.2) is 0 Å². The summed E-state index contributed by atoms with van der Waals surface area (Å²) in [6.45, 7) is 12.0. The standard InChI is InChI=1S/C34H41N3O5S/c1-6-20-35(24-12-10-9-11-13-24)30(39)27-28-31(40)37(23(8-3)22-38)29(34(28)19-18-33(27,4)43-34)32(41)36(21-7-2)25-14-16-26(42-5)17-15-25/h6-7,9-17,23,27-29,38H,1-2,8,18-22H2,3-5H3/t23-,27-,28-,29?,33+,34?/m0/s1. The van der Waals surface area contributed by atoms with Crippen molar-refractivity contribution in [3.63, 3.8) is 0 Å². The number of benzene rings is 2. The van der Waals surface area contributed by atoms with Gasteiger partial charge in [0.05, 0.1) is 36.3 Å². The highest BCUT2D eigenvalue weighted by Gasteiger charge is 2.78. The smallest absolute Gasteiger partial charge is 0.251 e. The predicted molar refractivity (Wildman–Crippen MR) is 171 cm³/mol. The third kappa shape index (κ3) is 4.96. The third-order valence-electron chi connectivity index (χ3n) is 9.40.